The number of fused-ring (bicyclic) bond motifs is 3. The van der Waals surface area contributed by atoms with E-state index in [2.05, 4.69) is 5.32 Å². The zero-order valence-electron chi connectivity index (χ0n) is 13.8. The van der Waals surface area contributed by atoms with E-state index in [0.29, 0.717) is 0 Å². The fraction of sp³-hybridized carbons (Fsp3) is 0.263. The van der Waals surface area contributed by atoms with Crippen LogP contribution in [0.2, 0.25) is 0 Å². The number of rotatable bonds is 1. The number of amides is 1. The zero-order chi connectivity index (χ0) is 17.1. The molecular weight excluding hydrogens is 304 g/mol. The first-order valence-corrected chi connectivity index (χ1v) is 7.85. The maximum Gasteiger partial charge on any atom is 0.316 e. The number of aryl methyl sites for hydroxylation is 1. The molecule has 1 spiro atoms. The molecule has 2 aliphatic rings. The van der Waals surface area contributed by atoms with Crippen LogP contribution >= 0.6 is 0 Å². The van der Waals surface area contributed by atoms with Crippen LogP contribution in [0.25, 0.3) is 0 Å². The van der Waals surface area contributed by atoms with Crippen molar-refractivity contribution in [1.82, 2.24) is 0 Å². The summed E-state index contributed by atoms with van der Waals surface area (Å²) >= 11 is 0. The fourth-order valence-electron chi connectivity index (χ4n) is 4.01. The molecule has 1 N–H and O–H groups in total. The van der Waals surface area contributed by atoms with E-state index in [1.807, 2.05) is 49.4 Å². The van der Waals surface area contributed by atoms with Crippen molar-refractivity contribution in [1.29, 1.82) is 0 Å². The van der Waals surface area contributed by atoms with E-state index in [4.69, 9.17) is 4.74 Å². The number of nitrogens with one attached hydrogen (secondary N) is 1. The van der Waals surface area contributed by atoms with Gasteiger partial charge in [-0.05, 0) is 24.1 Å². The van der Waals surface area contributed by atoms with E-state index in [9.17, 15) is 9.59 Å². The quantitative estimate of drug-likeness (QED) is 0.820. The summed E-state index contributed by atoms with van der Waals surface area (Å²) in [5.74, 6) is -1.27. The minimum absolute atomic E-state index is 0.144. The highest BCUT2D eigenvalue weighted by Gasteiger charge is 2.62. The van der Waals surface area contributed by atoms with Crippen molar-refractivity contribution in [2.45, 2.75) is 18.4 Å². The van der Waals surface area contributed by atoms with Gasteiger partial charge in [0, 0.05) is 24.0 Å². The summed E-state index contributed by atoms with van der Waals surface area (Å²) in [4.78, 5) is 27.5. The van der Waals surface area contributed by atoms with Crippen LogP contribution in [0.15, 0.2) is 42.5 Å². The highest BCUT2D eigenvalue weighted by molar-refractivity contribution is 6.14. The summed E-state index contributed by atoms with van der Waals surface area (Å²) in [5.41, 5.74) is 3.12. The molecule has 0 fully saturated rings. The van der Waals surface area contributed by atoms with Crippen molar-refractivity contribution in [2.75, 3.05) is 24.4 Å². The maximum atomic E-state index is 13.3. The first-order chi connectivity index (χ1) is 11.5. The first-order valence-electron chi connectivity index (χ1n) is 7.85. The molecule has 5 nitrogen and oxygen atoms in total. The van der Waals surface area contributed by atoms with E-state index in [0.717, 1.165) is 28.1 Å². The van der Waals surface area contributed by atoms with Gasteiger partial charge in [-0.1, -0.05) is 36.4 Å². The Morgan fingerprint density at radius 1 is 1.21 bits per heavy atom. The lowest BCUT2D eigenvalue weighted by atomic mass is 9.78. The average molecular weight is 322 g/mol. The Bertz CT molecular complexity index is 877. The van der Waals surface area contributed by atoms with Gasteiger partial charge in [0.05, 0.1) is 7.11 Å². The molecule has 24 heavy (non-hydrogen) atoms. The lowest BCUT2D eigenvalue weighted by Crippen LogP contribution is -2.48. The van der Waals surface area contributed by atoms with Crippen LogP contribution in [0.1, 0.15) is 22.6 Å². The van der Waals surface area contributed by atoms with E-state index in [-0.39, 0.29) is 5.91 Å². The number of hydrogen-bond donors (Lipinski definition) is 1. The molecule has 2 heterocycles. The number of methoxy groups -OCH3 is 1. The molecule has 0 bridgehead atoms. The number of ether oxygens (including phenoxy) is 1. The molecule has 2 aliphatic heterocycles. The molecule has 0 saturated heterocycles. The smallest absolute Gasteiger partial charge is 0.316 e. The van der Waals surface area contributed by atoms with Gasteiger partial charge in [0.1, 0.15) is 5.92 Å². The topological polar surface area (TPSA) is 58.6 Å². The summed E-state index contributed by atoms with van der Waals surface area (Å²) < 4.78 is 5.07. The lowest BCUT2D eigenvalue weighted by Gasteiger charge is -2.29. The van der Waals surface area contributed by atoms with Gasteiger partial charge in [-0.3, -0.25) is 9.59 Å². The number of anilines is 2. The van der Waals surface area contributed by atoms with Gasteiger partial charge in [0.25, 0.3) is 5.91 Å². The first kappa shape index (κ1) is 14.8. The van der Waals surface area contributed by atoms with Crippen molar-refractivity contribution in [2.24, 2.45) is 0 Å². The second-order valence-electron chi connectivity index (χ2n) is 6.31. The summed E-state index contributed by atoms with van der Waals surface area (Å²) in [7, 11) is 3.10. The SMILES string of the molecule is COC(=O)C1c2cccc(C)c2NC12C(=O)N(C)c1ccccc12. The lowest BCUT2D eigenvalue weighted by molar-refractivity contribution is -0.146. The molecular formula is C19H18N2O3. The van der Waals surface area contributed by atoms with Crippen LogP contribution in [0.4, 0.5) is 11.4 Å². The number of carbonyl (C=O) groups is 2. The normalized spacial score (nSPS) is 23.9. The summed E-state index contributed by atoms with van der Waals surface area (Å²) in [5, 5.41) is 3.39. The highest BCUT2D eigenvalue weighted by Crippen LogP contribution is 2.56. The summed E-state index contributed by atoms with van der Waals surface area (Å²) in [6.07, 6.45) is 0. The molecule has 0 aromatic heterocycles. The maximum absolute atomic E-state index is 13.3. The monoisotopic (exact) mass is 322 g/mol. The Balaban J connectivity index is 2.03. The number of carbonyl (C=O) groups excluding carboxylic acids is 2. The fourth-order valence-corrected chi connectivity index (χ4v) is 4.01. The van der Waals surface area contributed by atoms with Gasteiger partial charge in [0.2, 0.25) is 0 Å². The van der Waals surface area contributed by atoms with Crippen LogP contribution in [0, 0.1) is 6.92 Å². The van der Waals surface area contributed by atoms with Crippen LogP contribution in [0.3, 0.4) is 0 Å². The number of hydrogen-bond acceptors (Lipinski definition) is 4. The Hall–Kier alpha value is -2.82. The van der Waals surface area contributed by atoms with Crippen LogP contribution in [-0.4, -0.2) is 26.0 Å². The van der Waals surface area contributed by atoms with Crippen LogP contribution < -0.4 is 10.2 Å². The second-order valence-corrected chi connectivity index (χ2v) is 6.31. The minimum atomic E-state index is -1.15. The van der Waals surface area contributed by atoms with Gasteiger partial charge in [-0.15, -0.1) is 0 Å². The molecule has 122 valence electrons. The molecule has 2 aromatic rings. The number of para-hydroxylation sites is 2. The summed E-state index contributed by atoms with van der Waals surface area (Å²) in [6, 6.07) is 13.3. The molecule has 4 rings (SSSR count). The minimum Gasteiger partial charge on any atom is -0.468 e. The third-order valence-electron chi connectivity index (χ3n) is 5.14. The predicted octanol–water partition coefficient (Wildman–Crippen LogP) is 2.55. The second kappa shape index (κ2) is 4.84. The van der Waals surface area contributed by atoms with E-state index >= 15 is 0 Å². The standard InChI is InChI=1S/C19H18N2O3/c1-11-7-6-8-12-15(17(22)24-3)19(20-16(11)12)13-9-4-5-10-14(13)21(2)18(19)23/h4-10,15,20H,1-3H3. The van der Waals surface area contributed by atoms with Gasteiger partial charge >= 0.3 is 5.97 Å². The van der Waals surface area contributed by atoms with Crippen molar-refractivity contribution in [3.05, 3.63) is 59.2 Å². The predicted molar refractivity (Wildman–Crippen MR) is 91.1 cm³/mol. The molecule has 0 radical (unpaired) electrons. The van der Waals surface area contributed by atoms with Crippen molar-refractivity contribution in [3.63, 3.8) is 0 Å². The summed E-state index contributed by atoms with van der Waals surface area (Å²) in [6.45, 7) is 1.97. The number of esters is 1. The number of benzene rings is 2. The molecule has 1 amide bonds. The van der Waals surface area contributed by atoms with Crippen molar-refractivity contribution >= 4 is 23.3 Å². The Labute approximate surface area is 140 Å². The third-order valence-corrected chi connectivity index (χ3v) is 5.14. The highest BCUT2D eigenvalue weighted by atomic mass is 16.5. The van der Waals surface area contributed by atoms with Gasteiger partial charge in [-0.2, -0.15) is 0 Å². The molecule has 2 atom stereocenters. The van der Waals surface area contributed by atoms with Crippen LogP contribution in [0.5, 0.6) is 0 Å². The molecule has 2 aromatic carbocycles. The Morgan fingerprint density at radius 2 is 1.96 bits per heavy atom. The van der Waals surface area contributed by atoms with Gasteiger partial charge in [-0.25, -0.2) is 0 Å². The zero-order valence-corrected chi connectivity index (χ0v) is 13.8. The Kier molecular flexibility index (Phi) is 2.97. The van der Waals surface area contributed by atoms with Crippen molar-refractivity contribution in [3.8, 4) is 0 Å². The molecule has 0 saturated carbocycles. The third kappa shape index (κ3) is 1.59. The average Bonchev–Trinajstić information content (AvgIpc) is 3.06. The molecule has 2 unspecified atom stereocenters. The van der Waals surface area contributed by atoms with Crippen molar-refractivity contribution < 1.29 is 14.3 Å². The van der Waals surface area contributed by atoms with E-state index in [1.54, 1.807) is 11.9 Å². The van der Waals surface area contributed by atoms with E-state index in [1.165, 1.54) is 7.11 Å². The van der Waals surface area contributed by atoms with E-state index < -0.39 is 17.4 Å². The molecule has 0 aliphatic carbocycles. The number of likely N-dealkylation sites (N-methyl/N-ethyl adjacent to an activating group) is 1. The molecule has 5 heteroatoms. The van der Waals surface area contributed by atoms with Gasteiger partial charge in [0.15, 0.2) is 5.54 Å². The Morgan fingerprint density at radius 3 is 2.71 bits per heavy atom. The van der Waals surface area contributed by atoms with Gasteiger partial charge < -0.3 is 15.0 Å². The number of nitrogens with zero attached hydrogens (tertiary/aromatic N) is 1. The van der Waals surface area contributed by atoms with Crippen LogP contribution in [-0.2, 0) is 19.9 Å². The largest absolute Gasteiger partial charge is 0.468 e.